The van der Waals surface area contributed by atoms with Crippen LogP contribution in [0.5, 0.6) is 5.75 Å². The Balaban J connectivity index is 1.94. The minimum absolute atomic E-state index is 0.103. The molecule has 26 heavy (non-hydrogen) atoms. The summed E-state index contributed by atoms with van der Waals surface area (Å²) in [5, 5.41) is 14.4. The van der Waals surface area contributed by atoms with Gasteiger partial charge >= 0.3 is 5.97 Å². The number of ether oxygens (including phenoxy) is 2. The molecule has 0 heterocycles. The maximum absolute atomic E-state index is 11.9. The molecule has 134 valence electrons. The lowest BCUT2D eigenvalue weighted by Gasteiger charge is -2.05. The fourth-order valence-corrected chi connectivity index (χ4v) is 1.85. The van der Waals surface area contributed by atoms with Crippen molar-refractivity contribution in [2.24, 2.45) is 5.10 Å². The number of non-ortho nitro benzene ring substituents is 1. The molecule has 0 aromatic heterocycles. The van der Waals surface area contributed by atoms with Crippen LogP contribution in [0.1, 0.15) is 15.9 Å². The van der Waals surface area contributed by atoms with E-state index < -0.39 is 16.8 Å². The Labute approximate surface area is 148 Å². The molecule has 0 saturated carbocycles. The summed E-state index contributed by atoms with van der Waals surface area (Å²) < 4.78 is 9.73. The Morgan fingerprint density at radius 1 is 1.23 bits per heavy atom. The predicted molar refractivity (Wildman–Crippen MR) is 92.1 cm³/mol. The minimum Gasteiger partial charge on any atom is -0.482 e. The number of nitrogens with zero attached hydrogens (tertiary/aromatic N) is 2. The zero-order chi connectivity index (χ0) is 18.9. The smallest absolute Gasteiger partial charge is 0.343 e. The average Bonchev–Trinajstić information content (AvgIpc) is 2.66. The van der Waals surface area contributed by atoms with E-state index in [-0.39, 0.29) is 17.9 Å². The molecular weight excluding hydrogens is 342 g/mol. The van der Waals surface area contributed by atoms with Gasteiger partial charge in [0.2, 0.25) is 0 Å². The first kappa shape index (κ1) is 18.6. The summed E-state index contributed by atoms with van der Waals surface area (Å²) >= 11 is 0. The molecule has 9 heteroatoms. The van der Waals surface area contributed by atoms with E-state index in [2.05, 4.69) is 15.3 Å². The normalized spacial score (nSPS) is 10.3. The van der Waals surface area contributed by atoms with Crippen molar-refractivity contribution in [3.63, 3.8) is 0 Å². The van der Waals surface area contributed by atoms with Crippen LogP contribution in [0.15, 0.2) is 53.6 Å². The molecule has 1 N–H and O–H groups in total. The molecule has 9 nitrogen and oxygen atoms in total. The number of hydrogen-bond acceptors (Lipinski definition) is 7. The van der Waals surface area contributed by atoms with E-state index in [0.29, 0.717) is 11.3 Å². The monoisotopic (exact) mass is 357 g/mol. The van der Waals surface area contributed by atoms with E-state index in [0.717, 1.165) is 0 Å². The minimum atomic E-state index is -0.547. The van der Waals surface area contributed by atoms with E-state index in [1.165, 1.54) is 37.6 Å². The number of carbonyl (C=O) groups excluding carboxylic acids is 2. The Morgan fingerprint density at radius 3 is 2.62 bits per heavy atom. The topological polar surface area (TPSA) is 120 Å². The molecule has 0 fully saturated rings. The largest absolute Gasteiger partial charge is 0.482 e. The Kier molecular flexibility index (Phi) is 6.38. The summed E-state index contributed by atoms with van der Waals surface area (Å²) in [6.45, 7) is -0.214. The highest BCUT2D eigenvalue weighted by Crippen LogP contribution is 2.13. The molecule has 0 aliphatic heterocycles. The van der Waals surface area contributed by atoms with Crippen LogP contribution < -0.4 is 10.2 Å². The van der Waals surface area contributed by atoms with Crippen molar-refractivity contribution >= 4 is 23.8 Å². The van der Waals surface area contributed by atoms with Gasteiger partial charge in [0.1, 0.15) is 5.75 Å². The lowest BCUT2D eigenvalue weighted by Crippen LogP contribution is -2.17. The van der Waals surface area contributed by atoms with Crippen LogP contribution in [0.4, 0.5) is 5.69 Å². The number of nitro benzene ring substituents is 1. The highest BCUT2D eigenvalue weighted by Gasteiger charge is 2.08. The van der Waals surface area contributed by atoms with Gasteiger partial charge < -0.3 is 9.47 Å². The van der Waals surface area contributed by atoms with Gasteiger partial charge in [-0.25, -0.2) is 10.2 Å². The van der Waals surface area contributed by atoms with Gasteiger partial charge in [0.25, 0.3) is 11.6 Å². The number of benzene rings is 2. The number of nitro groups is 1. The molecule has 0 atom stereocenters. The van der Waals surface area contributed by atoms with Gasteiger partial charge in [-0.3, -0.25) is 14.9 Å². The Hall–Kier alpha value is -3.75. The fourth-order valence-electron chi connectivity index (χ4n) is 1.85. The molecule has 1 amide bonds. The zero-order valence-corrected chi connectivity index (χ0v) is 13.7. The van der Waals surface area contributed by atoms with Crippen molar-refractivity contribution in [1.29, 1.82) is 0 Å². The standard InChI is InChI=1S/C17H15N3O6/c1-25-16(21)11-26-15-4-2-3-12(9-15)10-18-19-17(22)13-5-7-14(8-6-13)20(23)24/h2-10H,11H2,1H3,(H,19,22)/b18-10-. The van der Waals surface area contributed by atoms with Crippen molar-refractivity contribution in [1.82, 2.24) is 5.43 Å². The summed E-state index contributed by atoms with van der Waals surface area (Å²) in [5.41, 5.74) is 3.09. The highest BCUT2D eigenvalue weighted by molar-refractivity contribution is 5.95. The van der Waals surface area contributed by atoms with Gasteiger partial charge in [-0.05, 0) is 29.8 Å². The number of hydrogen-bond donors (Lipinski definition) is 1. The SMILES string of the molecule is COC(=O)COc1cccc(/C=N\NC(=O)c2ccc([N+](=O)[O-])cc2)c1. The van der Waals surface area contributed by atoms with Crippen LogP contribution in [0.2, 0.25) is 0 Å². The second kappa shape index (κ2) is 8.92. The molecule has 0 spiro atoms. The Morgan fingerprint density at radius 2 is 1.96 bits per heavy atom. The molecule has 2 aromatic carbocycles. The van der Waals surface area contributed by atoms with Crippen molar-refractivity contribution < 1.29 is 24.0 Å². The van der Waals surface area contributed by atoms with Crippen LogP contribution in [0.3, 0.4) is 0 Å². The molecule has 0 saturated heterocycles. The third-order valence-electron chi connectivity index (χ3n) is 3.16. The van der Waals surface area contributed by atoms with Crippen molar-refractivity contribution in [2.45, 2.75) is 0 Å². The summed E-state index contributed by atoms with van der Waals surface area (Å²) in [6, 6.07) is 11.9. The van der Waals surface area contributed by atoms with Gasteiger partial charge in [0.15, 0.2) is 6.61 Å². The van der Waals surface area contributed by atoms with Crippen LogP contribution in [0.25, 0.3) is 0 Å². The van der Waals surface area contributed by atoms with Gasteiger partial charge in [-0.2, -0.15) is 5.10 Å². The molecule has 2 rings (SSSR count). The van der Waals surface area contributed by atoms with Gasteiger partial charge in [-0.15, -0.1) is 0 Å². The van der Waals surface area contributed by atoms with E-state index in [1.807, 2.05) is 0 Å². The van der Waals surface area contributed by atoms with Crippen molar-refractivity contribution in [2.75, 3.05) is 13.7 Å². The summed E-state index contributed by atoms with van der Waals surface area (Å²) in [5.74, 6) is -0.560. The third kappa shape index (κ3) is 5.41. The van der Waals surface area contributed by atoms with Gasteiger partial charge in [0.05, 0.1) is 18.2 Å². The summed E-state index contributed by atoms with van der Waals surface area (Å²) in [7, 11) is 1.27. The second-order valence-electron chi connectivity index (χ2n) is 4.94. The lowest BCUT2D eigenvalue weighted by atomic mass is 10.2. The lowest BCUT2D eigenvalue weighted by molar-refractivity contribution is -0.384. The molecule has 2 aromatic rings. The zero-order valence-electron chi connectivity index (χ0n) is 13.7. The number of methoxy groups -OCH3 is 1. The highest BCUT2D eigenvalue weighted by atomic mass is 16.6. The fraction of sp³-hybridized carbons (Fsp3) is 0.118. The molecule has 0 radical (unpaired) electrons. The Bertz CT molecular complexity index is 833. The van der Waals surface area contributed by atoms with Gasteiger partial charge in [0, 0.05) is 17.7 Å². The van der Waals surface area contributed by atoms with Crippen LogP contribution >= 0.6 is 0 Å². The molecule has 0 bridgehead atoms. The van der Waals surface area contributed by atoms with E-state index in [9.17, 15) is 19.7 Å². The molecule has 0 aliphatic carbocycles. The van der Waals surface area contributed by atoms with Crippen molar-refractivity contribution in [3.05, 3.63) is 69.8 Å². The van der Waals surface area contributed by atoms with Crippen LogP contribution in [-0.4, -0.2) is 36.7 Å². The van der Waals surface area contributed by atoms with E-state index in [1.54, 1.807) is 24.3 Å². The second-order valence-corrected chi connectivity index (χ2v) is 4.94. The summed E-state index contributed by atoms with van der Waals surface area (Å²) in [6.07, 6.45) is 1.40. The first-order valence-electron chi connectivity index (χ1n) is 7.37. The number of hydrazone groups is 1. The maximum atomic E-state index is 11.9. The van der Waals surface area contributed by atoms with Crippen LogP contribution in [0, 0.1) is 10.1 Å². The first-order valence-corrected chi connectivity index (χ1v) is 7.37. The van der Waals surface area contributed by atoms with E-state index in [4.69, 9.17) is 4.74 Å². The molecule has 0 aliphatic rings. The summed E-state index contributed by atoms with van der Waals surface area (Å²) in [4.78, 5) is 33.0. The number of rotatable bonds is 7. The van der Waals surface area contributed by atoms with Crippen LogP contribution in [-0.2, 0) is 9.53 Å². The molecular formula is C17H15N3O6. The maximum Gasteiger partial charge on any atom is 0.343 e. The third-order valence-corrected chi connectivity index (χ3v) is 3.16. The number of nitrogens with one attached hydrogen (secondary N) is 1. The average molecular weight is 357 g/mol. The first-order chi connectivity index (χ1) is 12.5. The van der Waals surface area contributed by atoms with E-state index >= 15 is 0 Å². The molecule has 0 unspecified atom stereocenters. The number of amides is 1. The van der Waals surface area contributed by atoms with Crippen molar-refractivity contribution in [3.8, 4) is 5.75 Å². The number of esters is 1. The van der Waals surface area contributed by atoms with Gasteiger partial charge in [-0.1, -0.05) is 12.1 Å². The quantitative estimate of drug-likeness (QED) is 0.350. The predicted octanol–water partition coefficient (Wildman–Crippen LogP) is 1.91. The number of carbonyl (C=O) groups is 2.